The zero-order chi connectivity index (χ0) is 11.4. The van der Waals surface area contributed by atoms with Crippen LogP contribution >= 0.6 is 22.9 Å². The maximum atomic E-state index is 11.5. The van der Waals surface area contributed by atoms with Gasteiger partial charge in [-0.1, -0.05) is 20.8 Å². The highest BCUT2D eigenvalue weighted by Crippen LogP contribution is 2.21. The third kappa shape index (κ3) is 3.47. The summed E-state index contributed by atoms with van der Waals surface area (Å²) in [5.41, 5.74) is 1.01. The summed E-state index contributed by atoms with van der Waals surface area (Å²) in [6, 6.07) is 0. The monoisotopic (exact) mass is 246 g/mol. The number of anilines is 1. The van der Waals surface area contributed by atoms with Crippen molar-refractivity contribution in [2.75, 3.05) is 11.2 Å². The van der Waals surface area contributed by atoms with E-state index in [2.05, 4.69) is 24.1 Å². The van der Waals surface area contributed by atoms with E-state index in [1.807, 2.05) is 5.38 Å². The fourth-order valence-corrected chi connectivity index (χ4v) is 1.92. The van der Waals surface area contributed by atoms with Gasteiger partial charge in [0.1, 0.15) is 0 Å². The van der Waals surface area contributed by atoms with Crippen molar-refractivity contribution < 1.29 is 4.79 Å². The van der Waals surface area contributed by atoms with Crippen LogP contribution in [0.2, 0.25) is 0 Å². The van der Waals surface area contributed by atoms with Gasteiger partial charge in [0.05, 0.1) is 5.69 Å². The lowest BCUT2D eigenvalue weighted by atomic mass is 10.2. The zero-order valence-electron chi connectivity index (χ0n) is 9.08. The summed E-state index contributed by atoms with van der Waals surface area (Å²) in [6.45, 7) is 5.93. The van der Waals surface area contributed by atoms with Gasteiger partial charge in [-0.15, -0.1) is 22.9 Å². The first kappa shape index (κ1) is 12.5. The Hall–Kier alpha value is -0.610. The zero-order valence-corrected chi connectivity index (χ0v) is 10.7. The molecule has 1 aromatic heterocycles. The van der Waals surface area contributed by atoms with E-state index in [0.29, 0.717) is 16.9 Å². The minimum atomic E-state index is -0.182. The Labute approximate surface area is 98.9 Å². The van der Waals surface area contributed by atoms with Gasteiger partial charge in [0, 0.05) is 17.2 Å². The molecular formula is C10H15ClN2OS. The number of rotatable bonds is 4. The molecule has 1 amide bonds. The number of carbonyl (C=O) groups is 1. The molecule has 1 unspecified atom stereocenters. The molecule has 0 fully saturated rings. The van der Waals surface area contributed by atoms with Crippen LogP contribution in [0.1, 0.15) is 32.4 Å². The molecule has 1 atom stereocenters. The molecular weight excluding hydrogens is 232 g/mol. The van der Waals surface area contributed by atoms with Gasteiger partial charge in [0.2, 0.25) is 5.91 Å². The van der Waals surface area contributed by atoms with Crippen molar-refractivity contribution in [3.05, 3.63) is 11.1 Å². The Morgan fingerprint density at radius 3 is 2.73 bits per heavy atom. The standard InChI is InChI=1S/C10H15ClN2OS/c1-6(2)8-5-15-10(12-8)13-9(14)7(3)4-11/h5-7H,4H2,1-3H3,(H,12,13,14). The van der Waals surface area contributed by atoms with Crippen molar-refractivity contribution in [2.24, 2.45) is 5.92 Å². The SMILES string of the molecule is CC(CCl)C(=O)Nc1nc(C(C)C)cs1. The Bertz CT molecular complexity index is 338. The minimum Gasteiger partial charge on any atom is -0.302 e. The van der Waals surface area contributed by atoms with E-state index in [0.717, 1.165) is 5.69 Å². The number of aromatic nitrogens is 1. The second kappa shape index (κ2) is 5.47. The predicted molar refractivity (Wildman–Crippen MR) is 64.7 cm³/mol. The van der Waals surface area contributed by atoms with Crippen molar-refractivity contribution >= 4 is 34.0 Å². The molecule has 0 aliphatic rings. The number of nitrogens with one attached hydrogen (secondary N) is 1. The number of amides is 1. The summed E-state index contributed by atoms with van der Waals surface area (Å²) in [6.07, 6.45) is 0. The first-order chi connectivity index (χ1) is 7.04. The van der Waals surface area contributed by atoms with Crippen LogP contribution in [0.4, 0.5) is 5.13 Å². The highest BCUT2D eigenvalue weighted by Gasteiger charge is 2.13. The first-order valence-electron chi connectivity index (χ1n) is 4.86. The topological polar surface area (TPSA) is 42.0 Å². The molecule has 0 saturated heterocycles. The van der Waals surface area contributed by atoms with Gasteiger partial charge in [0.15, 0.2) is 5.13 Å². The average Bonchev–Trinajstić information content (AvgIpc) is 2.65. The molecule has 1 N–H and O–H groups in total. The summed E-state index contributed by atoms with van der Waals surface area (Å²) in [4.78, 5) is 15.8. The van der Waals surface area contributed by atoms with Crippen molar-refractivity contribution in [2.45, 2.75) is 26.7 Å². The minimum absolute atomic E-state index is 0.0744. The molecule has 0 bridgehead atoms. The van der Waals surface area contributed by atoms with Crippen molar-refractivity contribution in [3.63, 3.8) is 0 Å². The number of hydrogen-bond donors (Lipinski definition) is 1. The largest absolute Gasteiger partial charge is 0.302 e. The lowest BCUT2D eigenvalue weighted by molar-refractivity contribution is -0.118. The lowest BCUT2D eigenvalue weighted by Gasteiger charge is -2.06. The van der Waals surface area contributed by atoms with E-state index in [-0.39, 0.29) is 11.8 Å². The third-order valence-electron chi connectivity index (χ3n) is 2.02. The molecule has 84 valence electrons. The van der Waals surface area contributed by atoms with Gasteiger partial charge in [-0.3, -0.25) is 4.79 Å². The normalized spacial score (nSPS) is 12.9. The number of carbonyl (C=O) groups excluding carboxylic acids is 1. The molecule has 15 heavy (non-hydrogen) atoms. The average molecular weight is 247 g/mol. The molecule has 0 aliphatic carbocycles. The summed E-state index contributed by atoms with van der Waals surface area (Å²) in [5, 5.41) is 5.37. The summed E-state index contributed by atoms with van der Waals surface area (Å²) in [5.74, 6) is 0.457. The Morgan fingerprint density at radius 1 is 1.60 bits per heavy atom. The molecule has 0 aliphatic heterocycles. The Kier molecular flexibility index (Phi) is 4.54. The van der Waals surface area contributed by atoms with E-state index in [4.69, 9.17) is 11.6 Å². The van der Waals surface area contributed by atoms with Gasteiger partial charge in [-0.05, 0) is 5.92 Å². The Morgan fingerprint density at radius 2 is 2.27 bits per heavy atom. The summed E-state index contributed by atoms with van der Waals surface area (Å²) in [7, 11) is 0. The molecule has 1 heterocycles. The van der Waals surface area contributed by atoms with E-state index < -0.39 is 0 Å². The van der Waals surface area contributed by atoms with Crippen LogP contribution in [0.3, 0.4) is 0 Å². The van der Waals surface area contributed by atoms with E-state index in [1.54, 1.807) is 6.92 Å². The molecule has 5 heteroatoms. The molecule has 0 aromatic carbocycles. The van der Waals surface area contributed by atoms with Gasteiger partial charge in [0.25, 0.3) is 0 Å². The first-order valence-corrected chi connectivity index (χ1v) is 6.28. The number of nitrogens with zero attached hydrogens (tertiary/aromatic N) is 1. The highest BCUT2D eigenvalue weighted by atomic mass is 35.5. The van der Waals surface area contributed by atoms with Crippen molar-refractivity contribution in [1.82, 2.24) is 4.98 Å². The second-order valence-electron chi connectivity index (χ2n) is 3.78. The van der Waals surface area contributed by atoms with Crippen LogP contribution in [-0.2, 0) is 4.79 Å². The quantitative estimate of drug-likeness (QED) is 0.830. The molecule has 0 radical (unpaired) electrons. The van der Waals surface area contributed by atoms with Crippen LogP contribution in [0.15, 0.2) is 5.38 Å². The lowest BCUT2D eigenvalue weighted by Crippen LogP contribution is -2.21. The second-order valence-corrected chi connectivity index (χ2v) is 4.94. The van der Waals surface area contributed by atoms with Gasteiger partial charge in [-0.25, -0.2) is 4.98 Å². The van der Waals surface area contributed by atoms with Gasteiger partial charge >= 0.3 is 0 Å². The van der Waals surface area contributed by atoms with Crippen molar-refractivity contribution in [3.8, 4) is 0 Å². The molecule has 1 aromatic rings. The van der Waals surface area contributed by atoms with Crippen LogP contribution in [0, 0.1) is 5.92 Å². The van der Waals surface area contributed by atoms with E-state index >= 15 is 0 Å². The smallest absolute Gasteiger partial charge is 0.230 e. The van der Waals surface area contributed by atoms with Crippen molar-refractivity contribution in [1.29, 1.82) is 0 Å². The fraction of sp³-hybridized carbons (Fsp3) is 0.600. The third-order valence-corrected chi connectivity index (χ3v) is 3.26. The van der Waals surface area contributed by atoms with Gasteiger partial charge < -0.3 is 5.32 Å². The maximum absolute atomic E-state index is 11.5. The highest BCUT2D eigenvalue weighted by molar-refractivity contribution is 7.13. The van der Waals surface area contributed by atoms with Crippen LogP contribution in [0.5, 0.6) is 0 Å². The predicted octanol–water partition coefficient (Wildman–Crippen LogP) is 3.08. The Balaban J connectivity index is 2.61. The van der Waals surface area contributed by atoms with E-state index in [1.165, 1.54) is 11.3 Å². The summed E-state index contributed by atoms with van der Waals surface area (Å²) < 4.78 is 0. The number of hydrogen-bond acceptors (Lipinski definition) is 3. The molecule has 3 nitrogen and oxygen atoms in total. The maximum Gasteiger partial charge on any atom is 0.230 e. The van der Waals surface area contributed by atoms with Crippen LogP contribution < -0.4 is 5.32 Å². The molecule has 0 spiro atoms. The number of halogens is 1. The molecule has 0 saturated carbocycles. The summed E-state index contributed by atoms with van der Waals surface area (Å²) >= 11 is 7.04. The van der Waals surface area contributed by atoms with Crippen LogP contribution in [-0.4, -0.2) is 16.8 Å². The van der Waals surface area contributed by atoms with E-state index in [9.17, 15) is 4.79 Å². The number of thiazole rings is 1. The van der Waals surface area contributed by atoms with Crippen LogP contribution in [0.25, 0.3) is 0 Å². The number of alkyl halides is 1. The fourth-order valence-electron chi connectivity index (χ4n) is 0.907. The molecule has 1 rings (SSSR count). The van der Waals surface area contributed by atoms with Gasteiger partial charge in [-0.2, -0.15) is 0 Å².